The van der Waals surface area contributed by atoms with Crippen molar-refractivity contribution in [2.75, 3.05) is 19.6 Å². The van der Waals surface area contributed by atoms with E-state index in [4.69, 9.17) is 16.1 Å². The molecule has 0 aliphatic heterocycles. The molecule has 2 aromatic heterocycles. The second kappa shape index (κ2) is 10.2. The number of nitrogens with one attached hydrogen (secondary N) is 2. The van der Waals surface area contributed by atoms with Crippen molar-refractivity contribution < 1.29 is 4.52 Å². The van der Waals surface area contributed by atoms with Crippen LogP contribution in [-0.2, 0) is 12.8 Å². The predicted molar refractivity (Wildman–Crippen MR) is 113 cm³/mol. The zero-order valence-corrected chi connectivity index (χ0v) is 17.5. The Labute approximate surface area is 173 Å². The molecule has 1 aromatic carbocycles. The lowest BCUT2D eigenvalue weighted by Gasteiger charge is -2.10. The van der Waals surface area contributed by atoms with Crippen molar-refractivity contribution in [1.82, 2.24) is 25.8 Å². The van der Waals surface area contributed by atoms with Gasteiger partial charge in [-0.2, -0.15) is 4.98 Å². The van der Waals surface area contributed by atoms with Gasteiger partial charge in [0.1, 0.15) is 0 Å². The third-order valence-electron chi connectivity index (χ3n) is 3.83. The van der Waals surface area contributed by atoms with Crippen molar-refractivity contribution in [1.29, 1.82) is 0 Å². The molecule has 3 aromatic rings. The van der Waals surface area contributed by atoms with Crippen molar-refractivity contribution in [2.45, 2.75) is 26.7 Å². The highest BCUT2D eigenvalue weighted by Gasteiger charge is 2.09. The fraction of sp³-hybridized carbons (Fsp3) is 0.368. The van der Waals surface area contributed by atoms with Crippen LogP contribution < -0.4 is 10.6 Å². The number of aliphatic imine (C=N–C) groups is 1. The summed E-state index contributed by atoms with van der Waals surface area (Å²) >= 11 is 7.68. The van der Waals surface area contributed by atoms with Gasteiger partial charge in [-0.15, -0.1) is 11.3 Å². The van der Waals surface area contributed by atoms with E-state index in [0.29, 0.717) is 29.7 Å². The van der Waals surface area contributed by atoms with Gasteiger partial charge in [-0.1, -0.05) is 28.9 Å². The number of halogens is 1. The lowest BCUT2D eigenvalue weighted by molar-refractivity contribution is 0.380. The Morgan fingerprint density at radius 2 is 2.14 bits per heavy atom. The van der Waals surface area contributed by atoms with Gasteiger partial charge in [0.2, 0.25) is 11.7 Å². The first-order chi connectivity index (χ1) is 13.6. The topological polar surface area (TPSA) is 88.2 Å². The molecular formula is C19H23ClN6OS. The molecule has 0 unspecified atom stereocenters. The first-order valence-corrected chi connectivity index (χ1v) is 10.4. The number of benzene rings is 1. The SMILES string of the molecule is CCNC(=NCCc1nc(-c2cccc(Cl)c2)no1)NCCc1csc(C)n1. The van der Waals surface area contributed by atoms with E-state index >= 15 is 0 Å². The van der Waals surface area contributed by atoms with Crippen molar-refractivity contribution in [3.63, 3.8) is 0 Å². The van der Waals surface area contributed by atoms with Crippen LogP contribution in [0.3, 0.4) is 0 Å². The number of aryl methyl sites for hydroxylation is 1. The number of aromatic nitrogens is 3. The highest BCUT2D eigenvalue weighted by Crippen LogP contribution is 2.19. The summed E-state index contributed by atoms with van der Waals surface area (Å²) in [7, 11) is 0. The molecule has 0 spiro atoms. The summed E-state index contributed by atoms with van der Waals surface area (Å²) in [6.07, 6.45) is 1.43. The van der Waals surface area contributed by atoms with Crippen LogP contribution in [0.25, 0.3) is 11.4 Å². The molecule has 0 bridgehead atoms. The maximum atomic E-state index is 6.01. The fourth-order valence-electron chi connectivity index (χ4n) is 2.54. The standard InChI is InChI=1S/C19H23ClN6OS/c1-3-21-19(22-9-7-16-12-28-13(2)24-16)23-10-8-17-25-18(26-27-17)14-5-4-6-15(20)11-14/h4-6,11-12H,3,7-10H2,1-2H3,(H2,21,22,23). The van der Waals surface area contributed by atoms with Gasteiger partial charge in [0.25, 0.3) is 0 Å². The van der Waals surface area contributed by atoms with Crippen molar-refractivity contribution in [3.8, 4) is 11.4 Å². The van der Waals surface area contributed by atoms with Crippen molar-refractivity contribution in [2.24, 2.45) is 4.99 Å². The number of hydrogen-bond donors (Lipinski definition) is 2. The zero-order chi connectivity index (χ0) is 19.8. The highest BCUT2D eigenvalue weighted by atomic mass is 35.5. The summed E-state index contributed by atoms with van der Waals surface area (Å²) in [5, 5.41) is 14.4. The van der Waals surface area contributed by atoms with Gasteiger partial charge in [-0.05, 0) is 26.0 Å². The van der Waals surface area contributed by atoms with Crippen LogP contribution in [0.4, 0.5) is 0 Å². The van der Waals surface area contributed by atoms with E-state index in [2.05, 4.69) is 36.1 Å². The number of hydrogen-bond acceptors (Lipinski definition) is 6. The average Bonchev–Trinajstić information content (AvgIpc) is 3.31. The monoisotopic (exact) mass is 418 g/mol. The van der Waals surface area contributed by atoms with E-state index in [1.54, 1.807) is 11.3 Å². The Balaban J connectivity index is 1.50. The molecule has 0 atom stereocenters. The molecule has 28 heavy (non-hydrogen) atoms. The largest absolute Gasteiger partial charge is 0.357 e. The van der Waals surface area contributed by atoms with E-state index in [1.165, 1.54) is 0 Å². The maximum absolute atomic E-state index is 6.01. The van der Waals surface area contributed by atoms with E-state index in [0.717, 1.165) is 41.7 Å². The summed E-state index contributed by atoms with van der Waals surface area (Å²) in [5.74, 6) is 1.85. The van der Waals surface area contributed by atoms with Crippen LogP contribution in [0.1, 0.15) is 23.5 Å². The second-order valence-electron chi connectivity index (χ2n) is 6.07. The van der Waals surface area contributed by atoms with E-state index in [-0.39, 0.29) is 0 Å². The second-order valence-corrected chi connectivity index (χ2v) is 7.57. The zero-order valence-electron chi connectivity index (χ0n) is 15.9. The number of rotatable bonds is 8. The Bertz CT molecular complexity index is 923. The fourth-order valence-corrected chi connectivity index (χ4v) is 3.38. The van der Waals surface area contributed by atoms with Crippen LogP contribution in [0.2, 0.25) is 5.02 Å². The minimum absolute atomic E-state index is 0.532. The Hall–Kier alpha value is -2.45. The van der Waals surface area contributed by atoms with Crippen LogP contribution in [-0.4, -0.2) is 40.7 Å². The summed E-state index contributed by atoms with van der Waals surface area (Å²) in [4.78, 5) is 13.5. The van der Waals surface area contributed by atoms with E-state index in [1.807, 2.05) is 38.1 Å². The molecule has 0 radical (unpaired) electrons. The molecule has 0 saturated carbocycles. The molecule has 3 rings (SSSR count). The normalized spacial score (nSPS) is 11.6. The van der Waals surface area contributed by atoms with E-state index in [9.17, 15) is 0 Å². The molecule has 7 nitrogen and oxygen atoms in total. The third-order valence-corrected chi connectivity index (χ3v) is 4.89. The number of nitrogens with zero attached hydrogens (tertiary/aromatic N) is 4. The first kappa shape index (κ1) is 20.3. The van der Waals surface area contributed by atoms with Crippen molar-refractivity contribution >= 4 is 28.9 Å². The summed E-state index contributed by atoms with van der Waals surface area (Å²) in [6.45, 7) is 6.16. The highest BCUT2D eigenvalue weighted by molar-refractivity contribution is 7.09. The maximum Gasteiger partial charge on any atom is 0.228 e. The Kier molecular flexibility index (Phi) is 7.39. The van der Waals surface area contributed by atoms with Gasteiger partial charge >= 0.3 is 0 Å². The van der Waals surface area contributed by atoms with E-state index < -0.39 is 0 Å². The summed E-state index contributed by atoms with van der Waals surface area (Å²) in [6, 6.07) is 7.38. The predicted octanol–water partition coefficient (Wildman–Crippen LogP) is 3.50. The Morgan fingerprint density at radius 3 is 2.89 bits per heavy atom. The van der Waals surface area contributed by atoms with Gasteiger partial charge in [0, 0.05) is 41.9 Å². The molecule has 148 valence electrons. The Morgan fingerprint density at radius 1 is 1.25 bits per heavy atom. The van der Waals surface area contributed by atoms with Crippen LogP contribution in [0.15, 0.2) is 39.2 Å². The van der Waals surface area contributed by atoms with Gasteiger partial charge in [-0.25, -0.2) is 4.98 Å². The molecule has 0 amide bonds. The molecule has 0 aliphatic rings. The molecule has 0 fully saturated rings. The smallest absolute Gasteiger partial charge is 0.228 e. The third kappa shape index (κ3) is 6.03. The molecule has 9 heteroatoms. The molecular weight excluding hydrogens is 396 g/mol. The van der Waals surface area contributed by atoms with Crippen LogP contribution >= 0.6 is 22.9 Å². The lowest BCUT2D eigenvalue weighted by Crippen LogP contribution is -2.38. The first-order valence-electron chi connectivity index (χ1n) is 9.15. The van der Waals surface area contributed by atoms with Crippen LogP contribution in [0, 0.1) is 6.92 Å². The van der Waals surface area contributed by atoms with Gasteiger partial charge < -0.3 is 15.2 Å². The summed E-state index contributed by atoms with van der Waals surface area (Å²) < 4.78 is 5.32. The van der Waals surface area contributed by atoms with Crippen LogP contribution in [0.5, 0.6) is 0 Å². The number of guanidine groups is 1. The minimum atomic E-state index is 0.532. The van der Waals surface area contributed by atoms with Gasteiger partial charge in [0.05, 0.1) is 17.2 Å². The summed E-state index contributed by atoms with van der Waals surface area (Å²) in [5.41, 5.74) is 1.93. The van der Waals surface area contributed by atoms with Gasteiger partial charge in [0.15, 0.2) is 5.96 Å². The molecule has 0 aliphatic carbocycles. The van der Waals surface area contributed by atoms with Crippen molar-refractivity contribution in [3.05, 3.63) is 51.3 Å². The lowest BCUT2D eigenvalue weighted by atomic mass is 10.2. The van der Waals surface area contributed by atoms with Gasteiger partial charge in [-0.3, -0.25) is 4.99 Å². The molecule has 2 N–H and O–H groups in total. The minimum Gasteiger partial charge on any atom is -0.357 e. The quantitative estimate of drug-likeness (QED) is 0.430. The average molecular weight is 419 g/mol. The number of thiazole rings is 1. The molecule has 0 saturated heterocycles. The molecule has 2 heterocycles.